The summed E-state index contributed by atoms with van der Waals surface area (Å²) in [6.45, 7) is 4.40. The molecule has 0 radical (unpaired) electrons. The molecule has 2 rings (SSSR count). The highest BCUT2D eigenvalue weighted by Crippen LogP contribution is 2.19. The number of aryl methyl sites for hydroxylation is 1. The molecule has 0 aliphatic rings. The summed E-state index contributed by atoms with van der Waals surface area (Å²) in [5.74, 6) is -0.161. The van der Waals surface area contributed by atoms with E-state index in [-0.39, 0.29) is 5.97 Å². The molecule has 1 N–H and O–H groups in total. The summed E-state index contributed by atoms with van der Waals surface area (Å²) in [6, 6.07) is 4.56. The second kappa shape index (κ2) is 8.14. The minimum absolute atomic E-state index is 0.161. The van der Waals surface area contributed by atoms with Gasteiger partial charge in [0, 0.05) is 29.1 Å². The van der Waals surface area contributed by atoms with Crippen molar-refractivity contribution in [3.05, 3.63) is 33.5 Å². The van der Waals surface area contributed by atoms with Crippen LogP contribution in [0.1, 0.15) is 30.8 Å². The lowest BCUT2D eigenvalue weighted by molar-refractivity contribution is -0.143. The van der Waals surface area contributed by atoms with Crippen LogP contribution in [0.15, 0.2) is 22.9 Å². The molecule has 21 heavy (non-hydrogen) atoms. The van der Waals surface area contributed by atoms with Gasteiger partial charge in [0.1, 0.15) is 0 Å². The van der Waals surface area contributed by atoms with E-state index in [2.05, 4.69) is 34.7 Å². The summed E-state index contributed by atoms with van der Waals surface area (Å²) in [5.41, 5.74) is 0.943. The first kappa shape index (κ1) is 16.0. The minimum atomic E-state index is -0.161. The van der Waals surface area contributed by atoms with Crippen LogP contribution in [0.4, 0.5) is 5.13 Å². The fourth-order valence-electron chi connectivity index (χ4n) is 1.94. The lowest BCUT2D eigenvalue weighted by atomic mass is 10.2. The van der Waals surface area contributed by atoms with Crippen molar-refractivity contribution < 1.29 is 9.53 Å². The van der Waals surface area contributed by atoms with E-state index >= 15 is 0 Å². The zero-order valence-electron chi connectivity index (χ0n) is 12.3. The monoisotopic (exact) mass is 324 g/mol. The van der Waals surface area contributed by atoms with Gasteiger partial charge in [-0.2, -0.15) is 0 Å². The van der Waals surface area contributed by atoms with Gasteiger partial charge in [0.25, 0.3) is 0 Å². The van der Waals surface area contributed by atoms with Crippen LogP contribution in [-0.2, 0) is 22.4 Å². The van der Waals surface area contributed by atoms with Crippen molar-refractivity contribution in [1.29, 1.82) is 0 Å². The third kappa shape index (κ3) is 5.47. The number of nitrogens with one attached hydrogen (secondary N) is 1. The number of aromatic nitrogens is 1. The molecule has 2 heterocycles. The highest BCUT2D eigenvalue weighted by molar-refractivity contribution is 7.13. The smallest absolute Gasteiger partial charge is 0.306 e. The van der Waals surface area contributed by atoms with Crippen molar-refractivity contribution in [2.75, 3.05) is 11.9 Å². The number of esters is 1. The highest BCUT2D eigenvalue weighted by Gasteiger charge is 2.09. The quantitative estimate of drug-likeness (QED) is 0.752. The number of hydrogen-bond acceptors (Lipinski definition) is 6. The molecule has 6 heteroatoms. The molecule has 0 saturated heterocycles. The van der Waals surface area contributed by atoms with Gasteiger partial charge in [-0.25, -0.2) is 4.98 Å². The maximum atomic E-state index is 11.3. The fraction of sp³-hybridized carbons (Fsp3) is 0.467. The number of thiophene rings is 1. The average molecular weight is 324 g/mol. The van der Waals surface area contributed by atoms with E-state index in [9.17, 15) is 4.79 Å². The molecule has 0 aliphatic carbocycles. The number of rotatable bonds is 8. The number of thiazole rings is 1. The topological polar surface area (TPSA) is 51.2 Å². The van der Waals surface area contributed by atoms with Crippen LogP contribution in [-0.4, -0.2) is 23.6 Å². The predicted octanol–water partition coefficient (Wildman–Crippen LogP) is 3.74. The van der Waals surface area contributed by atoms with E-state index in [1.807, 2.05) is 12.3 Å². The first-order valence-corrected chi connectivity index (χ1v) is 8.82. The maximum absolute atomic E-state index is 11.3. The Bertz CT molecular complexity index is 552. The Labute approximate surface area is 133 Å². The number of carbonyl (C=O) groups excluding carboxylic acids is 1. The normalized spacial score (nSPS) is 12.1. The number of hydrogen-bond donors (Lipinski definition) is 1. The van der Waals surface area contributed by atoms with E-state index in [0.717, 1.165) is 17.2 Å². The molecule has 0 amide bonds. The largest absolute Gasteiger partial charge is 0.466 e. The predicted molar refractivity (Wildman–Crippen MR) is 88.2 cm³/mol. The molecule has 0 bridgehead atoms. The maximum Gasteiger partial charge on any atom is 0.306 e. The van der Waals surface area contributed by atoms with Gasteiger partial charge in [0.15, 0.2) is 5.13 Å². The van der Waals surface area contributed by atoms with Gasteiger partial charge >= 0.3 is 5.97 Å². The van der Waals surface area contributed by atoms with Crippen LogP contribution < -0.4 is 5.32 Å². The van der Waals surface area contributed by atoms with Crippen LogP contribution in [0.5, 0.6) is 0 Å². The molecular weight excluding hydrogens is 304 g/mol. The van der Waals surface area contributed by atoms with Gasteiger partial charge < -0.3 is 10.1 Å². The number of ether oxygens (including phenoxy) is 1. The molecule has 114 valence electrons. The molecular formula is C15H20N2O2S2. The van der Waals surface area contributed by atoms with Crippen molar-refractivity contribution in [2.24, 2.45) is 0 Å². The number of nitrogens with zero attached hydrogens (tertiary/aromatic N) is 1. The number of anilines is 1. The molecule has 0 saturated carbocycles. The Morgan fingerprint density at radius 3 is 3.05 bits per heavy atom. The summed E-state index contributed by atoms with van der Waals surface area (Å²) >= 11 is 3.36. The minimum Gasteiger partial charge on any atom is -0.466 e. The van der Waals surface area contributed by atoms with Gasteiger partial charge in [-0.15, -0.1) is 22.7 Å². The van der Waals surface area contributed by atoms with Gasteiger partial charge in [-0.3, -0.25) is 4.79 Å². The van der Waals surface area contributed by atoms with Crippen molar-refractivity contribution >= 4 is 33.8 Å². The summed E-state index contributed by atoms with van der Waals surface area (Å²) in [7, 11) is 0. The van der Waals surface area contributed by atoms with E-state index in [0.29, 0.717) is 25.5 Å². The Balaban J connectivity index is 1.78. The first-order valence-electron chi connectivity index (χ1n) is 7.06. The lowest BCUT2D eigenvalue weighted by Gasteiger charge is -2.11. The fourth-order valence-corrected chi connectivity index (χ4v) is 3.64. The second-order valence-corrected chi connectivity index (χ2v) is 6.67. The summed E-state index contributed by atoms with van der Waals surface area (Å²) in [5, 5.41) is 8.42. The Morgan fingerprint density at radius 1 is 1.48 bits per heavy atom. The van der Waals surface area contributed by atoms with Crippen LogP contribution in [0.3, 0.4) is 0 Å². The standard InChI is InChI=1S/C15H20N2O2S2/c1-3-19-14(18)7-6-12-10-21-15(17-12)16-11(2)9-13-5-4-8-20-13/h4-5,8,10-11H,3,6-7,9H2,1-2H3,(H,16,17). The van der Waals surface area contributed by atoms with E-state index < -0.39 is 0 Å². The Hall–Kier alpha value is -1.40. The SMILES string of the molecule is CCOC(=O)CCc1csc(NC(C)Cc2cccs2)n1. The molecule has 2 aromatic rings. The van der Waals surface area contributed by atoms with Gasteiger partial charge in [-0.1, -0.05) is 6.07 Å². The second-order valence-electron chi connectivity index (χ2n) is 4.78. The van der Waals surface area contributed by atoms with Crippen LogP contribution in [0, 0.1) is 0 Å². The van der Waals surface area contributed by atoms with Gasteiger partial charge in [0.05, 0.1) is 18.7 Å². The van der Waals surface area contributed by atoms with Crippen molar-refractivity contribution in [3.63, 3.8) is 0 Å². The molecule has 1 atom stereocenters. The number of carbonyl (C=O) groups is 1. The van der Waals surface area contributed by atoms with Gasteiger partial charge in [0.2, 0.25) is 0 Å². The summed E-state index contributed by atoms with van der Waals surface area (Å²) < 4.78 is 4.92. The van der Waals surface area contributed by atoms with Crippen LogP contribution in [0.2, 0.25) is 0 Å². The van der Waals surface area contributed by atoms with Crippen LogP contribution >= 0.6 is 22.7 Å². The van der Waals surface area contributed by atoms with E-state index in [4.69, 9.17) is 4.74 Å². The molecule has 0 fully saturated rings. The van der Waals surface area contributed by atoms with Gasteiger partial charge in [-0.05, 0) is 25.3 Å². The average Bonchev–Trinajstić information content (AvgIpc) is 3.08. The molecule has 0 aliphatic heterocycles. The highest BCUT2D eigenvalue weighted by atomic mass is 32.1. The van der Waals surface area contributed by atoms with Crippen LogP contribution in [0.25, 0.3) is 0 Å². The molecule has 2 aromatic heterocycles. The first-order chi connectivity index (χ1) is 10.2. The van der Waals surface area contributed by atoms with E-state index in [1.54, 1.807) is 22.7 Å². The van der Waals surface area contributed by atoms with E-state index in [1.165, 1.54) is 4.88 Å². The van der Waals surface area contributed by atoms with Crippen molar-refractivity contribution in [2.45, 2.75) is 39.2 Å². The van der Waals surface area contributed by atoms with Crippen molar-refractivity contribution in [3.8, 4) is 0 Å². The zero-order valence-corrected chi connectivity index (χ0v) is 13.9. The summed E-state index contributed by atoms with van der Waals surface area (Å²) in [4.78, 5) is 17.2. The zero-order chi connectivity index (χ0) is 15.1. The Kier molecular flexibility index (Phi) is 6.20. The summed E-state index contributed by atoms with van der Waals surface area (Å²) in [6.07, 6.45) is 2.02. The molecule has 0 aromatic carbocycles. The third-order valence-electron chi connectivity index (χ3n) is 2.90. The molecule has 0 spiro atoms. The van der Waals surface area contributed by atoms with Crippen molar-refractivity contribution in [1.82, 2.24) is 4.98 Å². The lowest BCUT2D eigenvalue weighted by Crippen LogP contribution is -2.17. The third-order valence-corrected chi connectivity index (χ3v) is 4.62. The molecule has 4 nitrogen and oxygen atoms in total. The Morgan fingerprint density at radius 2 is 2.33 bits per heavy atom. The molecule has 1 unspecified atom stereocenters.